The summed E-state index contributed by atoms with van der Waals surface area (Å²) in [6.07, 6.45) is 33.0. The van der Waals surface area contributed by atoms with Gasteiger partial charge in [-0.1, -0.05) is 219 Å². The molecule has 1 heterocycles. The first-order valence-electron chi connectivity index (χ1n) is 25.6. The maximum absolute atomic E-state index is 12.9. The summed E-state index contributed by atoms with van der Waals surface area (Å²) in [5.41, 5.74) is 0. The topological polar surface area (TPSA) is 186 Å². The zero-order valence-corrected chi connectivity index (χ0v) is 40.3. The Hall–Kier alpha value is -1.35. The number of unbranched alkanes of at least 4 members (excludes halogenated alkanes) is 32. The van der Waals surface area contributed by atoms with Crippen LogP contribution in [-0.4, -0.2) is 96.0 Å². The predicted octanol–water partition coefficient (Wildman–Crippen LogP) is 11.2. The molecule has 1 aliphatic rings. The highest BCUT2D eigenvalue weighted by Gasteiger charge is 2.46. The van der Waals surface area contributed by atoms with Gasteiger partial charge in [0.2, 0.25) is 0 Å². The van der Waals surface area contributed by atoms with Gasteiger partial charge in [0.1, 0.15) is 36.8 Å². The Kier molecular flexibility index (Phi) is 37.8. The number of carbonyl (C=O) groups excluding carboxylic acids is 2. The molecule has 1 rings (SSSR count). The summed E-state index contributed by atoms with van der Waals surface area (Å²) in [7, 11) is -4.60. The van der Waals surface area contributed by atoms with Gasteiger partial charge in [0.15, 0.2) is 12.4 Å². The van der Waals surface area contributed by atoms with Crippen LogP contribution in [0.15, 0.2) is 0 Å². The molecule has 0 aromatic heterocycles. The minimum atomic E-state index is -4.60. The molecule has 4 N–H and O–H groups in total. The molecule has 0 amide bonds. The number of aliphatic hydroxyl groups is 3. The van der Waals surface area contributed by atoms with Gasteiger partial charge in [-0.15, -0.1) is 0 Å². The van der Waals surface area contributed by atoms with Gasteiger partial charge in [-0.05, 0) is 12.8 Å². The molecular weight excluding hydrogens is 813 g/mol. The summed E-state index contributed by atoms with van der Waals surface area (Å²) in [6, 6.07) is 0. The van der Waals surface area contributed by atoms with Crippen LogP contribution < -0.4 is 0 Å². The predicted molar refractivity (Wildman–Crippen MR) is 247 cm³/mol. The van der Waals surface area contributed by atoms with Gasteiger partial charge in [0, 0.05) is 12.8 Å². The smallest absolute Gasteiger partial charge is 0.306 e. The molecule has 1 aliphatic heterocycles. The summed E-state index contributed by atoms with van der Waals surface area (Å²) in [6.45, 7) is 3.79. The Morgan fingerprint density at radius 1 is 0.484 bits per heavy atom. The van der Waals surface area contributed by atoms with E-state index in [4.69, 9.17) is 18.9 Å². The number of hydrogen-bond acceptors (Lipinski definition) is 11. The number of rotatable bonds is 44. The lowest BCUT2D eigenvalue weighted by atomic mass is 10.00. The van der Waals surface area contributed by atoms with E-state index in [9.17, 15) is 37.9 Å². The molecule has 1 saturated heterocycles. The summed E-state index contributed by atoms with van der Waals surface area (Å²) in [5, 5.41) is 30.9. The van der Waals surface area contributed by atoms with E-state index >= 15 is 0 Å². The van der Waals surface area contributed by atoms with Crippen molar-refractivity contribution in [3.05, 3.63) is 0 Å². The summed E-state index contributed by atoms with van der Waals surface area (Å²) in [5.74, 6) is -1.96. The largest absolute Gasteiger partial charge is 0.462 e. The molecule has 368 valence electrons. The lowest BCUT2D eigenvalue weighted by Gasteiger charge is -2.40. The molecule has 12 nitrogen and oxygen atoms in total. The zero-order chi connectivity index (χ0) is 45.5. The fourth-order valence-corrected chi connectivity index (χ4v) is 8.90. The van der Waals surface area contributed by atoms with Gasteiger partial charge in [-0.2, -0.15) is 8.42 Å². The van der Waals surface area contributed by atoms with Crippen molar-refractivity contribution < 1.29 is 56.8 Å². The molecule has 0 radical (unpaired) electrons. The molecule has 0 saturated carbocycles. The summed E-state index contributed by atoms with van der Waals surface area (Å²) in [4.78, 5) is 25.4. The summed E-state index contributed by atoms with van der Waals surface area (Å²) >= 11 is 0. The van der Waals surface area contributed by atoms with Gasteiger partial charge >= 0.3 is 11.9 Å². The van der Waals surface area contributed by atoms with Crippen LogP contribution in [0.25, 0.3) is 0 Å². The average Bonchev–Trinajstić information content (AvgIpc) is 3.24. The van der Waals surface area contributed by atoms with E-state index < -0.39 is 71.2 Å². The second-order valence-electron chi connectivity index (χ2n) is 18.2. The molecule has 13 heteroatoms. The second-order valence-corrected chi connectivity index (χ2v) is 19.7. The summed E-state index contributed by atoms with van der Waals surface area (Å²) < 4.78 is 54.2. The highest BCUT2D eigenvalue weighted by molar-refractivity contribution is 7.85. The van der Waals surface area contributed by atoms with Gasteiger partial charge in [-0.25, -0.2) is 0 Å². The van der Waals surface area contributed by atoms with Crippen molar-refractivity contribution >= 4 is 22.1 Å². The van der Waals surface area contributed by atoms with E-state index in [1.807, 2.05) is 0 Å². The van der Waals surface area contributed by atoms with Crippen molar-refractivity contribution in [3.8, 4) is 0 Å². The van der Waals surface area contributed by atoms with E-state index in [-0.39, 0.29) is 19.4 Å². The Morgan fingerprint density at radius 2 is 0.823 bits per heavy atom. The number of esters is 2. The van der Waals surface area contributed by atoms with Crippen molar-refractivity contribution in [2.24, 2.45) is 0 Å². The fraction of sp³-hybridized carbons (Fsp3) is 0.959. The molecule has 62 heavy (non-hydrogen) atoms. The highest BCUT2D eigenvalue weighted by atomic mass is 32.2. The number of carbonyl (C=O) groups is 2. The van der Waals surface area contributed by atoms with Gasteiger partial charge in [0.25, 0.3) is 10.1 Å². The van der Waals surface area contributed by atoms with Crippen LogP contribution >= 0.6 is 0 Å². The van der Waals surface area contributed by atoms with Gasteiger partial charge < -0.3 is 34.3 Å². The van der Waals surface area contributed by atoms with Crippen LogP contribution in [0.3, 0.4) is 0 Å². The first kappa shape index (κ1) is 58.7. The van der Waals surface area contributed by atoms with Crippen LogP contribution in [-0.2, 0) is 38.7 Å². The lowest BCUT2D eigenvalue weighted by Crippen LogP contribution is -2.60. The van der Waals surface area contributed by atoms with Crippen LogP contribution in [0.1, 0.15) is 245 Å². The van der Waals surface area contributed by atoms with E-state index in [0.717, 1.165) is 38.5 Å². The number of ether oxygens (including phenoxy) is 4. The van der Waals surface area contributed by atoms with E-state index in [2.05, 4.69) is 13.8 Å². The van der Waals surface area contributed by atoms with Gasteiger partial charge in [0.05, 0.1) is 6.61 Å². The van der Waals surface area contributed by atoms with Crippen molar-refractivity contribution in [1.82, 2.24) is 0 Å². The van der Waals surface area contributed by atoms with E-state index in [1.165, 1.54) is 167 Å². The number of hydrogen-bond donors (Lipinski definition) is 4. The normalized spacial score (nSPS) is 19.7. The second kappa shape index (κ2) is 40.0. The molecule has 0 bridgehead atoms. The van der Waals surface area contributed by atoms with Crippen LogP contribution in [0, 0.1) is 0 Å². The molecule has 0 aromatic rings. The van der Waals surface area contributed by atoms with Crippen molar-refractivity contribution in [2.45, 2.75) is 282 Å². The Balaban J connectivity index is 2.30. The van der Waals surface area contributed by atoms with Crippen LogP contribution in [0.5, 0.6) is 0 Å². The Morgan fingerprint density at radius 3 is 1.18 bits per heavy atom. The minimum Gasteiger partial charge on any atom is -0.462 e. The average molecular weight is 907 g/mol. The van der Waals surface area contributed by atoms with Crippen molar-refractivity contribution in [3.63, 3.8) is 0 Å². The first-order valence-corrected chi connectivity index (χ1v) is 27.2. The third kappa shape index (κ3) is 34.1. The third-order valence-corrected chi connectivity index (χ3v) is 12.9. The highest BCUT2D eigenvalue weighted by Crippen LogP contribution is 2.24. The zero-order valence-electron chi connectivity index (χ0n) is 39.5. The SMILES string of the molecule is CCCCCCCCCCCCCCCCCCCCCCCCCC(=O)O[C@H](COC(=O)CCCCCCCCCCCCC)CO[C@H]1O[C@H](CS(=O)(=O)O)[C@@H](O)C(O)C1O. The maximum Gasteiger partial charge on any atom is 0.306 e. The van der Waals surface area contributed by atoms with Crippen LogP contribution in [0.2, 0.25) is 0 Å². The minimum absolute atomic E-state index is 0.173. The van der Waals surface area contributed by atoms with Gasteiger partial charge in [-0.3, -0.25) is 14.1 Å². The molecule has 0 aromatic carbocycles. The van der Waals surface area contributed by atoms with Crippen molar-refractivity contribution in [1.29, 1.82) is 0 Å². The van der Waals surface area contributed by atoms with E-state index in [1.54, 1.807) is 0 Å². The molecule has 1 fully saturated rings. The standard InChI is InChI=1S/C49H94O12S/c1-3-5-7-9-11-13-15-16-17-18-19-20-21-22-23-24-25-26-28-30-32-34-36-38-45(51)60-42(39-58-44(50)37-35-33-31-29-27-14-12-10-8-6-4-2)40-59-49-48(54)47(53)46(52)43(61-49)41-62(55,56)57/h42-43,46-49,52-54H,3-41H2,1-2H3,(H,55,56,57)/t42-,43-,46-,47?,48?,49+/m1/s1. The Bertz CT molecular complexity index is 1150. The molecular formula is C49H94O12S. The molecule has 6 atom stereocenters. The fourth-order valence-electron chi connectivity index (χ4n) is 8.21. The first-order chi connectivity index (χ1) is 30.0. The van der Waals surface area contributed by atoms with Crippen LogP contribution in [0.4, 0.5) is 0 Å². The molecule has 0 spiro atoms. The monoisotopic (exact) mass is 907 g/mol. The molecule has 0 aliphatic carbocycles. The maximum atomic E-state index is 12.9. The lowest BCUT2D eigenvalue weighted by molar-refractivity contribution is -0.297. The van der Waals surface area contributed by atoms with Crippen molar-refractivity contribution in [2.75, 3.05) is 19.0 Å². The number of aliphatic hydroxyl groups excluding tert-OH is 3. The molecule has 2 unspecified atom stereocenters. The van der Waals surface area contributed by atoms with E-state index in [0.29, 0.717) is 12.8 Å². The Labute approximate surface area is 378 Å². The quantitative estimate of drug-likeness (QED) is 0.0258. The third-order valence-electron chi connectivity index (χ3n) is 12.2.